The van der Waals surface area contributed by atoms with Gasteiger partial charge in [0.05, 0.1) is 11.9 Å². The Balaban J connectivity index is 1.99. The van der Waals surface area contributed by atoms with E-state index in [0.29, 0.717) is 27.7 Å². The smallest absolute Gasteiger partial charge is 0.244 e. The molecule has 1 aliphatic carbocycles. The third-order valence-corrected chi connectivity index (χ3v) is 8.87. The Bertz CT molecular complexity index is 1240. The summed E-state index contributed by atoms with van der Waals surface area (Å²) in [6.07, 6.45) is 6.48. The van der Waals surface area contributed by atoms with Gasteiger partial charge in [0.15, 0.2) is 0 Å². The first-order chi connectivity index (χ1) is 17.9. The van der Waals surface area contributed by atoms with Crippen LogP contribution >= 0.6 is 23.2 Å². The molecule has 0 unspecified atom stereocenters. The molecule has 0 aromatic heterocycles. The van der Waals surface area contributed by atoms with Crippen LogP contribution in [0.4, 0.5) is 5.69 Å². The van der Waals surface area contributed by atoms with Gasteiger partial charge in [-0.3, -0.25) is 13.9 Å². The molecule has 208 valence electrons. The minimum absolute atomic E-state index is 0.0294. The molecular weight excluding hydrogens is 545 g/mol. The predicted molar refractivity (Wildman–Crippen MR) is 154 cm³/mol. The minimum Gasteiger partial charge on any atom is -0.352 e. The van der Waals surface area contributed by atoms with Gasteiger partial charge in [-0.2, -0.15) is 0 Å². The highest BCUT2D eigenvalue weighted by Crippen LogP contribution is 2.29. The normalized spacial score (nSPS) is 15.1. The van der Waals surface area contributed by atoms with Gasteiger partial charge in [0.1, 0.15) is 12.6 Å². The summed E-state index contributed by atoms with van der Waals surface area (Å²) in [7, 11) is -3.82. The fourth-order valence-corrected chi connectivity index (χ4v) is 6.32. The molecule has 7 nitrogen and oxygen atoms in total. The number of carbonyl (C=O) groups excluding carboxylic acids is 2. The van der Waals surface area contributed by atoms with Gasteiger partial charge in [-0.1, -0.05) is 67.6 Å². The standard InChI is InChI=1S/C28H37Cl2N3O4S/c1-5-25(28(35)31-21-10-7-6-8-11-21)32(17-22-23(29)12-9-13-24(22)30)27(34)18-33(38(4,36)37)26-16-19(2)14-15-20(26)3/h9,12-16,21,25H,5-8,10-11,17-18H2,1-4H3,(H,31,35)/t25-/m0/s1. The van der Waals surface area contributed by atoms with Crippen LogP contribution in [0.3, 0.4) is 0 Å². The van der Waals surface area contributed by atoms with Crippen LogP contribution in [0.25, 0.3) is 0 Å². The van der Waals surface area contributed by atoms with Crippen molar-refractivity contribution in [2.75, 3.05) is 17.1 Å². The number of nitrogens with zero attached hydrogens (tertiary/aromatic N) is 2. The SMILES string of the molecule is CC[C@@H](C(=O)NC1CCCCC1)N(Cc1c(Cl)cccc1Cl)C(=O)CN(c1cc(C)ccc1C)S(C)(=O)=O. The summed E-state index contributed by atoms with van der Waals surface area (Å²) >= 11 is 12.9. The summed E-state index contributed by atoms with van der Waals surface area (Å²) in [5.41, 5.74) is 2.52. The van der Waals surface area contributed by atoms with Gasteiger partial charge in [-0.05, 0) is 62.4 Å². The van der Waals surface area contributed by atoms with Gasteiger partial charge in [0.25, 0.3) is 0 Å². The van der Waals surface area contributed by atoms with Crippen LogP contribution < -0.4 is 9.62 Å². The average molecular weight is 583 g/mol. The van der Waals surface area contributed by atoms with Crippen LogP contribution in [0.15, 0.2) is 36.4 Å². The number of sulfonamides is 1. The monoisotopic (exact) mass is 581 g/mol. The number of anilines is 1. The summed E-state index contributed by atoms with van der Waals surface area (Å²) in [6, 6.07) is 9.74. The number of amides is 2. The highest BCUT2D eigenvalue weighted by Gasteiger charge is 2.33. The zero-order valence-corrected chi connectivity index (χ0v) is 24.8. The molecule has 1 atom stereocenters. The summed E-state index contributed by atoms with van der Waals surface area (Å²) in [5.74, 6) is -0.772. The van der Waals surface area contributed by atoms with Crippen molar-refractivity contribution in [1.29, 1.82) is 0 Å². The summed E-state index contributed by atoms with van der Waals surface area (Å²) in [5, 5.41) is 3.86. The molecule has 1 aliphatic rings. The van der Waals surface area contributed by atoms with Gasteiger partial charge >= 0.3 is 0 Å². The maximum absolute atomic E-state index is 13.9. The molecule has 1 fully saturated rings. The lowest BCUT2D eigenvalue weighted by Crippen LogP contribution is -2.54. The van der Waals surface area contributed by atoms with E-state index < -0.39 is 28.5 Å². The van der Waals surface area contributed by atoms with E-state index in [4.69, 9.17) is 23.2 Å². The molecule has 38 heavy (non-hydrogen) atoms. The number of rotatable bonds is 10. The first kappa shape index (κ1) is 30.3. The fourth-order valence-electron chi connectivity index (χ4n) is 4.90. The molecule has 1 saturated carbocycles. The summed E-state index contributed by atoms with van der Waals surface area (Å²) in [6.45, 7) is 5.00. The van der Waals surface area contributed by atoms with E-state index in [2.05, 4.69) is 5.32 Å². The Hall–Kier alpha value is -2.29. The van der Waals surface area contributed by atoms with Crippen LogP contribution in [-0.2, 0) is 26.2 Å². The van der Waals surface area contributed by atoms with Crippen molar-refractivity contribution in [2.45, 2.75) is 77.9 Å². The van der Waals surface area contributed by atoms with Crippen molar-refractivity contribution in [3.63, 3.8) is 0 Å². The van der Waals surface area contributed by atoms with Crippen LogP contribution in [0.2, 0.25) is 10.0 Å². The second-order valence-electron chi connectivity index (χ2n) is 10.0. The molecule has 0 radical (unpaired) electrons. The predicted octanol–water partition coefficient (Wildman–Crippen LogP) is 5.63. The third-order valence-electron chi connectivity index (χ3n) is 7.04. The van der Waals surface area contributed by atoms with Crippen molar-refractivity contribution in [2.24, 2.45) is 0 Å². The molecule has 1 N–H and O–H groups in total. The van der Waals surface area contributed by atoms with Crippen molar-refractivity contribution >= 4 is 50.7 Å². The average Bonchev–Trinajstić information content (AvgIpc) is 2.85. The molecule has 2 amide bonds. The Morgan fingerprint density at radius 1 is 1.05 bits per heavy atom. The van der Waals surface area contributed by atoms with Crippen molar-refractivity contribution in [3.8, 4) is 0 Å². The highest BCUT2D eigenvalue weighted by atomic mass is 35.5. The molecule has 2 aromatic carbocycles. The largest absolute Gasteiger partial charge is 0.352 e. The second-order valence-corrected chi connectivity index (χ2v) is 12.8. The van der Waals surface area contributed by atoms with E-state index in [9.17, 15) is 18.0 Å². The molecule has 0 saturated heterocycles. The van der Waals surface area contributed by atoms with Gasteiger partial charge < -0.3 is 10.2 Å². The second kappa shape index (κ2) is 13.2. The number of hydrogen-bond acceptors (Lipinski definition) is 4. The van der Waals surface area contributed by atoms with Crippen molar-refractivity contribution in [3.05, 3.63) is 63.1 Å². The number of aryl methyl sites for hydroxylation is 2. The van der Waals surface area contributed by atoms with Crippen LogP contribution in [0.5, 0.6) is 0 Å². The topological polar surface area (TPSA) is 86.8 Å². The molecule has 2 aromatic rings. The quantitative estimate of drug-likeness (QED) is 0.393. The van der Waals surface area contributed by atoms with Gasteiger partial charge in [-0.15, -0.1) is 0 Å². The fraction of sp³-hybridized carbons (Fsp3) is 0.500. The summed E-state index contributed by atoms with van der Waals surface area (Å²) < 4.78 is 26.9. The molecule has 0 aliphatic heterocycles. The Morgan fingerprint density at radius 2 is 1.68 bits per heavy atom. The number of hydrogen-bond donors (Lipinski definition) is 1. The maximum atomic E-state index is 13.9. The van der Waals surface area contributed by atoms with Crippen LogP contribution in [-0.4, -0.2) is 50.0 Å². The van der Waals surface area contributed by atoms with Crippen LogP contribution in [0, 0.1) is 13.8 Å². The lowest BCUT2D eigenvalue weighted by Gasteiger charge is -2.34. The van der Waals surface area contributed by atoms with Gasteiger partial charge in [-0.25, -0.2) is 8.42 Å². The molecule has 10 heteroatoms. The zero-order chi connectivity index (χ0) is 28.0. The van der Waals surface area contributed by atoms with Gasteiger partial charge in [0, 0.05) is 28.2 Å². The lowest BCUT2D eigenvalue weighted by atomic mass is 9.95. The zero-order valence-electron chi connectivity index (χ0n) is 22.5. The number of nitrogens with one attached hydrogen (secondary N) is 1. The number of halogens is 2. The van der Waals surface area contributed by atoms with E-state index in [1.165, 1.54) is 4.90 Å². The molecular formula is C28H37Cl2N3O4S. The van der Waals surface area contributed by atoms with E-state index in [1.54, 1.807) is 31.2 Å². The number of carbonyl (C=O) groups is 2. The van der Waals surface area contributed by atoms with Crippen molar-refractivity contribution in [1.82, 2.24) is 10.2 Å². The van der Waals surface area contributed by atoms with E-state index in [1.807, 2.05) is 26.0 Å². The minimum atomic E-state index is -3.82. The van der Waals surface area contributed by atoms with Crippen molar-refractivity contribution < 1.29 is 18.0 Å². The number of benzene rings is 2. The Labute approximate surface area is 236 Å². The van der Waals surface area contributed by atoms with E-state index in [0.717, 1.165) is 53.8 Å². The highest BCUT2D eigenvalue weighted by molar-refractivity contribution is 7.92. The summed E-state index contributed by atoms with van der Waals surface area (Å²) in [4.78, 5) is 28.9. The molecule has 0 heterocycles. The van der Waals surface area contributed by atoms with E-state index in [-0.39, 0.29) is 18.5 Å². The molecule has 3 rings (SSSR count). The van der Waals surface area contributed by atoms with Gasteiger partial charge in [0.2, 0.25) is 21.8 Å². The maximum Gasteiger partial charge on any atom is 0.244 e. The Morgan fingerprint density at radius 3 is 2.26 bits per heavy atom. The molecule has 0 bridgehead atoms. The van der Waals surface area contributed by atoms with Crippen LogP contribution in [0.1, 0.15) is 62.1 Å². The van der Waals surface area contributed by atoms with E-state index >= 15 is 0 Å². The third kappa shape index (κ3) is 7.64. The molecule has 0 spiro atoms. The first-order valence-corrected chi connectivity index (χ1v) is 15.6. The lowest BCUT2D eigenvalue weighted by molar-refractivity contribution is -0.140. The first-order valence-electron chi connectivity index (χ1n) is 13.0. The Kier molecular flexibility index (Phi) is 10.5.